The first kappa shape index (κ1) is 22.4. The summed E-state index contributed by atoms with van der Waals surface area (Å²) in [7, 11) is 0. The molecule has 10 heteroatoms. The molecule has 1 saturated heterocycles. The molecule has 1 fully saturated rings. The summed E-state index contributed by atoms with van der Waals surface area (Å²) in [6.07, 6.45) is -0.232. The highest BCUT2D eigenvalue weighted by molar-refractivity contribution is 5.85. The van der Waals surface area contributed by atoms with E-state index in [1.165, 1.54) is 6.07 Å². The molecule has 3 N–H and O–H groups in total. The van der Waals surface area contributed by atoms with E-state index >= 15 is 0 Å². The second kappa shape index (κ2) is 9.34. The van der Waals surface area contributed by atoms with Crippen LogP contribution >= 0.6 is 24.8 Å². The van der Waals surface area contributed by atoms with Crippen molar-refractivity contribution >= 4 is 30.5 Å². The molecular formula is C16H22Cl2F2N4O2. The first-order valence-electron chi connectivity index (χ1n) is 7.93. The standard InChI is InChI=1S/C16H20F2N4O2.2ClH/c1-8-12(17)5-10(15-21-22-16(23)24-15)6-14(8)20-9(2)11-3-4-19-7-13(11)18;;/h5-6,9,11,13,19-20H,3-4,7H2,1-2H3,(H,22,23);2*1H/t9-,11+,13+;;/m0../s1. The average Bonchev–Trinajstić information content (AvgIpc) is 2.98. The van der Waals surface area contributed by atoms with E-state index in [4.69, 9.17) is 4.42 Å². The SMILES string of the molecule is Cc1c(F)cc(-c2n[nH]c(=O)o2)cc1N[C@@H](C)[C@H]1CCNC[C@H]1F.Cl.Cl. The Kier molecular flexibility index (Phi) is 8.05. The summed E-state index contributed by atoms with van der Waals surface area (Å²) in [5.74, 6) is -1.29. The molecule has 146 valence electrons. The Bertz CT molecular complexity index is 784. The third-order valence-electron chi connectivity index (χ3n) is 4.51. The number of rotatable bonds is 4. The lowest BCUT2D eigenvalue weighted by atomic mass is 9.89. The maximum Gasteiger partial charge on any atom is 0.434 e. The smallest absolute Gasteiger partial charge is 0.388 e. The van der Waals surface area contributed by atoms with Crippen LogP contribution in [0.5, 0.6) is 0 Å². The zero-order valence-electron chi connectivity index (χ0n) is 14.3. The van der Waals surface area contributed by atoms with Crippen LogP contribution in [0.4, 0.5) is 14.5 Å². The van der Waals surface area contributed by atoms with Gasteiger partial charge in [0.15, 0.2) is 0 Å². The van der Waals surface area contributed by atoms with Gasteiger partial charge in [-0.2, -0.15) is 0 Å². The lowest BCUT2D eigenvalue weighted by molar-refractivity contribution is 0.166. The van der Waals surface area contributed by atoms with Crippen molar-refractivity contribution in [2.24, 2.45) is 5.92 Å². The minimum absolute atomic E-state index is 0. The lowest BCUT2D eigenvalue weighted by Crippen LogP contribution is -2.44. The molecule has 0 unspecified atom stereocenters. The molecule has 0 bridgehead atoms. The number of hydrogen-bond donors (Lipinski definition) is 3. The monoisotopic (exact) mass is 410 g/mol. The molecule has 1 aliphatic rings. The molecule has 2 aromatic rings. The largest absolute Gasteiger partial charge is 0.434 e. The molecule has 26 heavy (non-hydrogen) atoms. The second-order valence-electron chi connectivity index (χ2n) is 6.15. The molecule has 0 amide bonds. The summed E-state index contributed by atoms with van der Waals surface area (Å²) < 4.78 is 33.2. The molecule has 1 aromatic carbocycles. The van der Waals surface area contributed by atoms with Crippen molar-refractivity contribution in [1.82, 2.24) is 15.5 Å². The predicted octanol–water partition coefficient (Wildman–Crippen LogP) is 3.07. The summed E-state index contributed by atoms with van der Waals surface area (Å²) in [6.45, 7) is 4.64. The molecule has 1 aromatic heterocycles. The number of piperidine rings is 1. The molecular weight excluding hydrogens is 389 g/mol. The van der Waals surface area contributed by atoms with E-state index in [9.17, 15) is 13.6 Å². The lowest BCUT2D eigenvalue weighted by Gasteiger charge is -2.32. The Morgan fingerprint density at radius 2 is 2.12 bits per heavy atom. The molecule has 3 rings (SSSR count). The van der Waals surface area contributed by atoms with E-state index in [-0.39, 0.29) is 42.7 Å². The normalized spacial score (nSPS) is 20.6. The van der Waals surface area contributed by atoms with Crippen LogP contribution < -0.4 is 16.4 Å². The number of hydrogen-bond acceptors (Lipinski definition) is 5. The number of nitrogens with zero attached hydrogens (tertiary/aromatic N) is 1. The Hall–Kier alpha value is -1.64. The number of aromatic amines is 1. The van der Waals surface area contributed by atoms with Crippen molar-refractivity contribution in [1.29, 1.82) is 0 Å². The topological polar surface area (TPSA) is 83.0 Å². The highest BCUT2D eigenvalue weighted by Gasteiger charge is 2.29. The van der Waals surface area contributed by atoms with Crippen LogP contribution in [-0.2, 0) is 0 Å². The van der Waals surface area contributed by atoms with E-state index in [0.717, 1.165) is 6.54 Å². The Labute approximate surface area is 162 Å². The van der Waals surface area contributed by atoms with Crippen LogP contribution in [0.3, 0.4) is 0 Å². The molecule has 3 atom stereocenters. The Morgan fingerprint density at radius 1 is 1.38 bits per heavy atom. The first-order chi connectivity index (χ1) is 11.5. The summed E-state index contributed by atoms with van der Waals surface area (Å²) in [5.41, 5.74) is 1.30. The minimum atomic E-state index is -0.945. The number of halogens is 4. The summed E-state index contributed by atoms with van der Waals surface area (Å²) in [6, 6.07) is 2.75. The highest BCUT2D eigenvalue weighted by Crippen LogP contribution is 2.29. The first-order valence-corrected chi connectivity index (χ1v) is 7.93. The van der Waals surface area contributed by atoms with Crippen LogP contribution in [0.1, 0.15) is 18.9 Å². The van der Waals surface area contributed by atoms with Crippen LogP contribution in [-0.4, -0.2) is 35.5 Å². The number of benzene rings is 1. The summed E-state index contributed by atoms with van der Waals surface area (Å²) >= 11 is 0. The second-order valence-corrected chi connectivity index (χ2v) is 6.15. The van der Waals surface area contributed by atoms with Crippen LogP contribution in [0, 0.1) is 18.7 Å². The van der Waals surface area contributed by atoms with E-state index < -0.39 is 17.7 Å². The molecule has 2 heterocycles. The highest BCUT2D eigenvalue weighted by atomic mass is 35.5. The third kappa shape index (κ3) is 4.75. The van der Waals surface area contributed by atoms with Gasteiger partial charge in [0.2, 0.25) is 5.89 Å². The fourth-order valence-corrected chi connectivity index (χ4v) is 3.06. The number of anilines is 1. The average molecular weight is 411 g/mol. The predicted molar refractivity (Wildman–Crippen MR) is 101 cm³/mol. The van der Waals surface area contributed by atoms with Crippen LogP contribution in [0.25, 0.3) is 11.5 Å². The van der Waals surface area contributed by atoms with Crippen molar-refractivity contribution in [2.45, 2.75) is 32.5 Å². The van der Waals surface area contributed by atoms with E-state index in [2.05, 4.69) is 20.8 Å². The molecule has 0 aliphatic carbocycles. The maximum absolute atomic E-state index is 14.2. The van der Waals surface area contributed by atoms with E-state index in [1.807, 2.05) is 6.92 Å². The number of aromatic nitrogens is 2. The molecule has 6 nitrogen and oxygen atoms in total. The van der Waals surface area contributed by atoms with Gasteiger partial charge in [-0.15, -0.1) is 29.9 Å². The Balaban J connectivity index is 0.00000169. The van der Waals surface area contributed by atoms with Gasteiger partial charge in [0.1, 0.15) is 12.0 Å². The number of alkyl halides is 1. The van der Waals surface area contributed by atoms with Crippen molar-refractivity contribution in [2.75, 3.05) is 18.4 Å². The van der Waals surface area contributed by atoms with Gasteiger partial charge in [0.05, 0.1) is 0 Å². The minimum Gasteiger partial charge on any atom is -0.388 e. The maximum atomic E-state index is 14.2. The van der Waals surface area contributed by atoms with Gasteiger partial charge in [0.25, 0.3) is 0 Å². The zero-order chi connectivity index (χ0) is 17.3. The molecule has 1 aliphatic heterocycles. The quantitative estimate of drug-likeness (QED) is 0.721. The Morgan fingerprint density at radius 3 is 2.73 bits per heavy atom. The molecule has 0 radical (unpaired) electrons. The van der Waals surface area contributed by atoms with E-state index in [0.29, 0.717) is 29.8 Å². The fraction of sp³-hybridized carbons (Fsp3) is 0.500. The van der Waals surface area contributed by atoms with E-state index in [1.54, 1.807) is 13.0 Å². The third-order valence-corrected chi connectivity index (χ3v) is 4.51. The van der Waals surface area contributed by atoms with Crippen molar-refractivity contribution in [3.63, 3.8) is 0 Å². The zero-order valence-corrected chi connectivity index (χ0v) is 16.0. The fourth-order valence-electron chi connectivity index (χ4n) is 3.06. The van der Waals surface area contributed by atoms with Gasteiger partial charge in [-0.05, 0) is 38.9 Å². The summed E-state index contributed by atoms with van der Waals surface area (Å²) in [4.78, 5) is 11.1. The van der Waals surface area contributed by atoms with Gasteiger partial charge in [-0.25, -0.2) is 18.7 Å². The number of H-pyrrole nitrogens is 1. The van der Waals surface area contributed by atoms with Gasteiger partial charge >= 0.3 is 5.76 Å². The van der Waals surface area contributed by atoms with Crippen molar-refractivity contribution in [3.8, 4) is 11.5 Å². The van der Waals surface area contributed by atoms with Crippen molar-refractivity contribution < 1.29 is 13.2 Å². The van der Waals surface area contributed by atoms with Gasteiger partial charge in [0, 0.05) is 35.3 Å². The molecule has 0 spiro atoms. The van der Waals surface area contributed by atoms with Gasteiger partial charge in [-0.1, -0.05) is 0 Å². The van der Waals surface area contributed by atoms with Crippen LogP contribution in [0.15, 0.2) is 21.3 Å². The van der Waals surface area contributed by atoms with Crippen molar-refractivity contribution in [3.05, 3.63) is 34.1 Å². The molecule has 0 saturated carbocycles. The number of nitrogens with one attached hydrogen (secondary N) is 3. The van der Waals surface area contributed by atoms with Gasteiger partial charge < -0.3 is 15.1 Å². The van der Waals surface area contributed by atoms with Gasteiger partial charge in [-0.3, -0.25) is 0 Å². The summed E-state index contributed by atoms with van der Waals surface area (Å²) in [5, 5.41) is 12.1. The van der Waals surface area contributed by atoms with Crippen LogP contribution in [0.2, 0.25) is 0 Å².